The van der Waals surface area contributed by atoms with E-state index in [1.807, 2.05) is 41.1 Å². The standard InChI is InChI=1S/C13H15N3O/c14-11-6-9-17-12(11)13-15-7-8-16(13)10-4-2-1-3-5-10/h1-5,7-8,11-12H,6,9,14H2/t11-,12-/m0/s1. The Bertz CT molecular complexity index is 494. The molecule has 88 valence electrons. The maximum absolute atomic E-state index is 6.04. The number of imidazole rings is 1. The number of nitrogens with zero attached hydrogens (tertiary/aromatic N) is 2. The van der Waals surface area contributed by atoms with Crippen molar-refractivity contribution >= 4 is 0 Å². The van der Waals surface area contributed by atoms with Gasteiger partial charge in [-0.15, -0.1) is 0 Å². The van der Waals surface area contributed by atoms with Crippen molar-refractivity contribution < 1.29 is 4.74 Å². The van der Waals surface area contributed by atoms with Crippen LogP contribution in [0.15, 0.2) is 42.7 Å². The van der Waals surface area contributed by atoms with Gasteiger partial charge in [-0.05, 0) is 18.6 Å². The van der Waals surface area contributed by atoms with E-state index in [4.69, 9.17) is 10.5 Å². The van der Waals surface area contributed by atoms with Gasteiger partial charge in [0.25, 0.3) is 0 Å². The van der Waals surface area contributed by atoms with Crippen molar-refractivity contribution in [2.75, 3.05) is 6.61 Å². The third-order valence-electron chi connectivity index (χ3n) is 3.10. The van der Waals surface area contributed by atoms with Gasteiger partial charge in [0.2, 0.25) is 0 Å². The van der Waals surface area contributed by atoms with Gasteiger partial charge in [-0.2, -0.15) is 0 Å². The third-order valence-corrected chi connectivity index (χ3v) is 3.10. The summed E-state index contributed by atoms with van der Waals surface area (Å²) in [7, 11) is 0. The van der Waals surface area contributed by atoms with Gasteiger partial charge in [-0.1, -0.05) is 18.2 Å². The molecule has 1 aliphatic rings. The Morgan fingerprint density at radius 3 is 2.82 bits per heavy atom. The van der Waals surface area contributed by atoms with Gasteiger partial charge in [-0.3, -0.25) is 0 Å². The first-order chi connectivity index (χ1) is 8.36. The molecule has 4 heteroatoms. The first kappa shape index (κ1) is 10.5. The molecule has 17 heavy (non-hydrogen) atoms. The fourth-order valence-corrected chi connectivity index (χ4v) is 2.20. The van der Waals surface area contributed by atoms with Crippen LogP contribution < -0.4 is 5.73 Å². The molecule has 0 aliphatic carbocycles. The van der Waals surface area contributed by atoms with Crippen molar-refractivity contribution in [1.29, 1.82) is 0 Å². The van der Waals surface area contributed by atoms with Crippen LogP contribution in [0.2, 0.25) is 0 Å². The van der Waals surface area contributed by atoms with Crippen LogP contribution in [0.1, 0.15) is 18.3 Å². The molecule has 1 aromatic carbocycles. The molecular formula is C13H15N3O. The summed E-state index contributed by atoms with van der Waals surface area (Å²) in [5, 5.41) is 0. The molecule has 2 N–H and O–H groups in total. The number of rotatable bonds is 2. The molecule has 0 saturated carbocycles. The summed E-state index contributed by atoms with van der Waals surface area (Å²) in [4.78, 5) is 4.38. The highest BCUT2D eigenvalue weighted by Gasteiger charge is 2.30. The predicted molar refractivity (Wildman–Crippen MR) is 64.8 cm³/mol. The average Bonchev–Trinajstić information content (AvgIpc) is 2.98. The summed E-state index contributed by atoms with van der Waals surface area (Å²) >= 11 is 0. The first-order valence-corrected chi connectivity index (χ1v) is 5.82. The molecule has 2 atom stereocenters. The molecule has 4 nitrogen and oxygen atoms in total. The topological polar surface area (TPSA) is 53.1 Å². The summed E-state index contributed by atoms with van der Waals surface area (Å²) in [6, 6.07) is 10.2. The van der Waals surface area contributed by atoms with E-state index in [1.54, 1.807) is 6.20 Å². The third kappa shape index (κ3) is 1.85. The van der Waals surface area contributed by atoms with Crippen molar-refractivity contribution in [2.24, 2.45) is 5.73 Å². The molecule has 1 aliphatic heterocycles. The van der Waals surface area contributed by atoms with Gasteiger partial charge in [0, 0.05) is 30.7 Å². The molecule has 0 bridgehead atoms. The maximum Gasteiger partial charge on any atom is 0.144 e. The molecule has 1 fully saturated rings. The monoisotopic (exact) mass is 229 g/mol. The number of nitrogens with two attached hydrogens (primary N) is 1. The van der Waals surface area contributed by atoms with E-state index in [0.717, 1.165) is 17.9 Å². The Hall–Kier alpha value is -1.65. The largest absolute Gasteiger partial charge is 0.369 e. The van der Waals surface area contributed by atoms with E-state index in [9.17, 15) is 0 Å². The van der Waals surface area contributed by atoms with Gasteiger partial charge >= 0.3 is 0 Å². The van der Waals surface area contributed by atoms with Gasteiger partial charge in [0.1, 0.15) is 11.9 Å². The van der Waals surface area contributed by atoms with E-state index in [0.29, 0.717) is 6.61 Å². The molecule has 0 radical (unpaired) electrons. The lowest BCUT2D eigenvalue weighted by Crippen LogP contribution is -2.25. The van der Waals surface area contributed by atoms with Crippen LogP contribution in [0.25, 0.3) is 5.69 Å². The van der Waals surface area contributed by atoms with E-state index in [-0.39, 0.29) is 12.1 Å². The number of benzene rings is 1. The van der Waals surface area contributed by atoms with Crippen LogP contribution in [0.3, 0.4) is 0 Å². The molecule has 0 spiro atoms. The minimum absolute atomic E-state index is 0.0415. The molecule has 0 amide bonds. The smallest absolute Gasteiger partial charge is 0.144 e. The molecule has 2 heterocycles. The number of ether oxygens (including phenoxy) is 1. The fraction of sp³-hybridized carbons (Fsp3) is 0.308. The number of aromatic nitrogens is 2. The van der Waals surface area contributed by atoms with E-state index >= 15 is 0 Å². The summed E-state index contributed by atoms with van der Waals surface area (Å²) in [5.74, 6) is 0.890. The van der Waals surface area contributed by atoms with Crippen LogP contribution in [-0.2, 0) is 4.74 Å². The minimum Gasteiger partial charge on any atom is -0.369 e. The maximum atomic E-state index is 6.04. The normalized spacial score (nSPS) is 24.1. The number of para-hydroxylation sites is 1. The highest BCUT2D eigenvalue weighted by molar-refractivity contribution is 5.33. The van der Waals surface area contributed by atoms with Crippen molar-refractivity contribution in [3.05, 3.63) is 48.5 Å². The van der Waals surface area contributed by atoms with Crippen molar-refractivity contribution in [2.45, 2.75) is 18.6 Å². The van der Waals surface area contributed by atoms with E-state index in [1.165, 1.54) is 0 Å². The Kier molecular flexibility index (Phi) is 2.66. The van der Waals surface area contributed by atoms with Crippen LogP contribution in [-0.4, -0.2) is 22.2 Å². The summed E-state index contributed by atoms with van der Waals surface area (Å²) in [6.45, 7) is 0.716. The summed E-state index contributed by atoms with van der Waals surface area (Å²) in [6.07, 6.45) is 4.53. The van der Waals surface area contributed by atoms with Crippen molar-refractivity contribution in [3.63, 3.8) is 0 Å². The molecular weight excluding hydrogens is 214 g/mol. The Balaban J connectivity index is 2.00. The molecule has 1 aromatic heterocycles. The lowest BCUT2D eigenvalue weighted by molar-refractivity contribution is 0.0968. The Labute approximate surface area is 100 Å². The van der Waals surface area contributed by atoms with Crippen LogP contribution in [0.5, 0.6) is 0 Å². The second kappa shape index (κ2) is 4.31. The molecule has 3 rings (SSSR count). The molecule has 1 saturated heterocycles. The molecule has 2 aromatic rings. The zero-order valence-corrected chi connectivity index (χ0v) is 9.49. The number of hydrogen-bond donors (Lipinski definition) is 1. The van der Waals surface area contributed by atoms with Gasteiger partial charge in [0.15, 0.2) is 0 Å². The van der Waals surface area contributed by atoms with Gasteiger partial charge < -0.3 is 15.0 Å². The quantitative estimate of drug-likeness (QED) is 0.852. The van der Waals surface area contributed by atoms with E-state index in [2.05, 4.69) is 4.98 Å². The fourth-order valence-electron chi connectivity index (χ4n) is 2.20. The van der Waals surface area contributed by atoms with Gasteiger partial charge in [0.05, 0.1) is 0 Å². The SMILES string of the molecule is N[C@H]1CCO[C@@H]1c1nccn1-c1ccccc1. The second-order valence-corrected chi connectivity index (χ2v) is 4.23. The van der Waals surface area contributed by atoms with Crippen LogP contribution >= 0.6 is 0 Å². The van der Waals surface area contributed by atoms with Gasteiger partial charge in [-0.25, -0.2) is 4.98 Å². The first-order valence-electron chi connectivity index (χ1n) is 5.82. The lowest BCUT2D eigenvalue weighted by Gasteiger charge is -2.16. The second-order valence-electron chi connectivity index (χ2n) is 4.23. The summed E-state index contributed by atoms with van der Waals surface area (Å²) in [5.41, 5.74) is 7.12. The van der Waals surface area contributed by atoms with Crippen LogP contribution in [0, 0.1) is 0 Å². The Morgan fingerprint density at radius 1 is 1.29 bits per heavy atom. The number of hydrogen-bond acceptors (Lipinski definition) is 3. The van der Waals surface area contributed by atoms with E-state index < -0.39 is 0 Å². The minimum atomic E-state index is -0.0924. The van der Waals surface area contributed by atoms with Crippen molar-refractivity contribution in [1.82, 2.24) is 9.55 Å². The van der Waals surface area contributed by atoms with Crippen molar-refractivity contribution in [3.8, 4) is 5.69 Å². The molecule has 0 unspecified atom stereocenters. The zero-order valence-electron chi connectivity index (χ0n) is 9.49. The highest BCUT2D eigenvalue weighted by Crippen LogP contribution is 2.28. The highest BCUT2D eigenvalue weighted by atomic mass is 16.5. The summed E-state index contributed by atoms with van der Waals surface area (Å²) < 4.78 is 7.70. The lowest BCUT2D eigenvalue weighted by atomic mass is 10.1. The predicted octanol–water partition coefficient (Wildman–Crippen LogP) is 1.66. The van der Waals surface area contributed by atoms with Crippen LogP contribution in [0.4, 0.5) is 0 Å². The Morgan fingerprint density at radius 2 is 2.12 bits per heavy atom. The zero-order chi connectivity index (χ0) is 11.7. The average molecular weight is 229 g/mol.